The summed E-state index contributed by atoms with van der Waals surface area (Å²) in [6, 6.07) is 22.1. The summed E-state index contributed by atoms with van der Waals surface area (Å²) in [6.45, 7) is 3.23. The molecule has 0 atom stereocenters. The zero-order valence-electron chi connectivity index (χ0n) is 17.1. The molecular weight excluding hydrogens is 434 g/mol. The number of rotatable bonds is 7. The molecule has 6 nitrogen and oxygen atoms in total. The fourth-order valence-electron chi connectivity index (χ4n) is 2.82. The molecular formula is C23H22ClN3O3S. The van der Waals surface area contributed by atoms with E-state index in [2.05, 4.69) is 10.5 Å². The lowest BCUT2D eigenvalue weighted by Gasteiger charge is -2.24. The molecule has 0 bridgehead atoms. The fraction of sp³-hybridized carbons (Fsp3) is 0.130. The van der Waals surface area contributed by atoms with Gasteiger partial charge < -0.3 is 0 Å². The molecule has 31 heavy (non-hydrogen) atoms. The topological polar surface area (TPSA) is 78.8 Å². The molecule has 0 unspecified atom stereocenters. The lowest BCUT2D eigenvalue weighted by Crippen LogP contribution is -2.39. The summed E-state index contributed by atoms with van der Waals surface area (Å²) in [5.74, 6) is -0.562. The summed E-state index contributed by atoms with van der Waals surface area (Å²) in [6.07, 6.45) is 0. The first-order valence-corrected chi connectivity index (χ1v) is 11.3. The van der Waals surface area contributed by atoms with Crippen molar-refractivity contribution < 1.29 is 13.2 Å². The van der Waals surface area contributed by atoms with Gasteiger partial charge in [-0.25, -0.2) is 13.8 Å². The highest BCUT2D eigenvalue weighted by Gasteiger charge is 2.27. The van der Waals surface area contributed by atoms with E-state index in [1.54, 1.807) is 31.2 Å². The van der Waals surface area contributed by atoms with Gasteiger partial charge in [0.05, 0.1) is 16.3 Å². The SMILES string of the molecule is C/C(=N/NC(=O)CN(c1ccc(C)cc1)S(=O)(=O)c1ccc(Cl)cc1)c1ccccc1. The van der Waals surface area contributed by atoms with Gasteiger partial charge in [0.2, 0.25) is 0 Å². The number of nitrogens with zero attached hydrogens (tertiary/aromatic N) is 2. The Labute approximate surface area is 187 Å². The van der Waals surface area contributed by atoms with Gasteiger partial charge in [0.25, 0.3) is 15.9 Å². The van der Waals surface area contributed by atoms with Gasteiger partial charge in [-0.2, -0.15) is 5.10 Å². The predicted octanol–water partition coefficient (Wildman–Crippen LogP) is 4.38. The number of hydrazone groups is 1. The zero-order valence-corrected chi connectivity index (χ0v) is 18.7. The average molecular weight is 456 g/mol. The van der Waals surface area contributed by atoms with E-state index in [0.717, 1.165) is 15.4 Å². The van der Waals surface area contributed by atoms with Crippen LogP contribution in [0.5, 0.6) is 0 Å². The number of aryl methyl sites for hydroxylation is 1. The quantitative estimate of drug-likeness (QED) is 0.424. The first-order valence-electron chi connectivity index (χ1n) is 9.51. The number of hydrogen-bond acceptors (Lipinski definition) is 4. The highest BCUT2D eigenvalue weighted by Crippen LogP contribution is 2.25. The van der Waals surface area contributed by atoms with Crippen LogP contribution in [0.4, 0.5) is 5.69 Å². The molecule has 0 aliphatic rings. The minimum absolute atomic E-state index is 0.0363. The zero-order chi connectivity index (χ0) is 22.4. The van der Waals surface area contributed by atoms with E-state index >= 15 is 0 Å². The Kier molecular flexibility index (Phi) is 7.09. The van der Waals surface area contributed by atoms with E-state index in [4.69, 9.17) is 11.6 Å². The minimum atomic E-state index is -4.00. The first-order chi connectivity index (χ1) is 14.8. The minimum Gasteiger partial charge on any atom is -0.271 e. The molecule has 0 saturated heterocycles. The molecule has 0 fully saturated rings. The van der Waals surface area contributed by atoms with E-state index in [1.165, 1.54) is 24.3 Å². The molecule has 3 aromatic carbocycles. The maximum atomic E-state index is 13.3. The number of halogens is 1. The Morgan fingerprint density at radius 3 is 2.19 bits per heavy atom. The van der Waals surface area contributed by atoms with Crippen LogP contribution in [0, 0.1) is 6.92 Å². The fourth-order valence-corrected chi connectivity index (χ4v) is 4.36. The van der Waals surface area contributed by atoms with Crippen molar-refractivity contribution in [1.82, 2.24) is 5.43 Å². The van der Waals surface area contributed by atoms with Crippen LogP contribution in [-0.2, 0) is 14.8 Å². The number of hydrogen-bond donors (Lipinski definition) is 1. The third-order valence-electron chi connectivity index (χ3n) is 4.55. The van der Waals surface area contributed by atoms with E-state index in [-0.39, 0.29) is 4.90 Å². The van der Waals surface area contributed by atoms with Crippen molar-refractivity contribution in [3.05, 3.63) is 95.0 Å². The molecule has 8 heteroatoms. The van der Waals surface area contributed by atoms with Crippen LogP contribution in [0.15, 0.2) is 88.9 Å². The Morgan fingerprint density at radius 2 is 1.58 bits per heavy atom. The number of benzene rings is 3. The van der Waals surface area contributed by atoms with Crippen LogP contribution >= 0.6 is 11.6 Å². The van der Waals surface area contributed by atoms with Gasteiger partial charge >= 0.3 is 0 Å². The van der Waals surface area contributed by atoms with Gasteiger partial charge in [-0.3, -0.25) is 9.10 Å². The summed E-state index contributed by atoms with van der Waals surface area (Å²) < 4.78 is 27.6. The molecule has 1 N–H and O–H groups in total. The van der Waals surface area contributed by atoms with Crippen molar-refractivity contribution in [2.75, 3.05) is 10.8 Å². The number of carbonyl (C=O) groups is 1. The molecule has 0 radical (unpaired) electrons. The monoisotopic (exact) mass is 455 g/mol. The summed E-state index contributed by atoms with van der Waals surface area (Å²) in [5, 5.41) is 4.52. The van der Waals surface area contributed by atoms with Crippen LogP contribution < -0.4 is 9.73 Å². The first kappa shape index (κ1) is 22.5. The van der Waals surface area contributed by atoms with Gasteiger partial charge in [0.1, 0.15) is 6.54 Å². The number of nitrogens with one attached hydrogen (secondary N) is 1. The van der Waals surface area contributed by atoms with Crippen LogP contribution in [0.1, 0.15) is 18.1 Å². The van der Waals surface area contributed by atoms with Gasteiger partial charge in [-0.15, -0.1) is 0 Å². The van der Waals surface area contributed by atoms with Crippen molar-refractivity contribution in [2.24, 2.45) is 5.10 Å². The third-order valence-corrected chi connectivity index (χ3v) is 6.59. The maximum absolute atomic E-state index is 13.3. The summed E-state index contributed by atoms with van der Waals surface area (Å²) in [5.41, 5.74) is 5.26. The van der Waals surface area contributed by atoms with Crippen LogP contribution in [0.2, 0.25) is 5.02 Å². The lowest BCUT2D eigenvalue weighted by atomic mass is 10.1. The molecule has 0 aliphatic heterocycles. The molecule has 3 rings (SSSR count). The van der Waals surface area contributed by atoms with Crippen LogP contribution in [0.3, 0.4) is 0 Å². The van der Waals surface area contributed by atoms with Gasteiger partial charge in [-0.1, -0.05) is 59.6 Å². The van der Waals surface area contributed by atoms with Crippen molar-refractivity contribution in [3.63, 3.8) is 0 Å². The van der Waals surface area contributed by atoms with E-state index in [0.29, 0.717) is 16.4 Å². The molecule has 0 aromatic heterocycles. The Balaban J connectivity index is 1.87. The average Bonchev–Trinajstić information content (AvgIpc) is 2.77. The van der Waals surface area contributed by atoms with E-state index in [9.17, 15) is 13.2 Å². The molecule has 160 valence electrons. The lowest BCUT2D eigenvalue weighted by molar-refractivity contribution is -0.119. The summed E-state index contributed by atoms with van der Waals surface area (Å²) in [7, 11) is -4.00. The third kappa shape index (κ3) is 5.71. The largest absolute Gasteiger partial charge is 0.271 e. The molecule has 0 saturated carbocycles. The second-order valence-electron chi connectivity index (χ2n) is 6.90. The molecule has 0 aliphatic carbocycles. The Morgan fingerprint density at radius 1 is 0.968 bits per heavy atom. The highest BCUT2D eigenvalue weighted by molar-refractivity contribution is 7.92. The molecule has 3 aromatic rings. The number of carbonyl (C=O) groups excluding carboxylic acids is 1. The molecule has 0 spiro atoms. The summed E-state index contributed by atoms with van der Waals surface area (Å²) in [4.78, 5) is 12.7. The number of sulfonamides is 1. The van der Waals surface area contributed by atoms with E-state index in [1.807, 2.05) is 37.3 Å². The molecule has 1 amide bonds. The van der Waals surface area contributed by atoms with Crippen LogP contribution in [-0.4, -0.2) is 26.6 Å². The number of anilines is 1. The highest BCUT2D eigenvalue weighted by atomic mass is 35.5. The van der Waals surface area contributed by atoms with Crippen molar-refractivity contribution >= 4 is 38.9 Å². The summed E-state index contributed by atoms with van der Waals surface area (Å²) >= 11 is 5.89. The van der Waals surface area contributed by atoms with Crippen molar-refractivity contribution in [2.45, 2.75) is 18.7 Å². The smallest absolute Gasteiger partial charge is 0.264 e. The standard InChI is InChI=1S/C23H22ClN3O3S/c1-17-8-12-21(13-9-17)27(31(29,30)22-14-10-20(24)11-15-22)16-23(28)26-25-18(2)19-6-4-3-5-7-19/h3-15H,16H2,1-2H3,(H,26,28)/b25-18-. The van der Waals surface area contributed by atoms with Gasteiger partial charge in [0, 0.05) is 5.02 Å². The number of amides is 1. The maximum Gasteiger partial charge on any atom is 0.264 e. The normalized spacial score (nSPS) is 11.8. The Bertz CT molecular complexity index is 1180. The van der Waals surface area contributed by atoms with E-state index < -0.39 is 22.5 Å². The predicted molar refractivity (Wildman–Crippen MR) is 124 cm³/mol. The molecule has 0 heterocycles. The van der Waals surface area contributed by atoms with Crippen LogP contribution in [0.25, 0.3) is 0 Å². The van der Waals surface area contributed by atoms with Crippen molar-refractivity contribution in [1.29, 1.82) is 0 Å². The Hall–Kier alpha value is -3.16. The van der Waals surface area contributed by atoms with Gasteiger partial charge in [0.15, 0.2) is 0 Å². The second kappa shape index (κ2) is 9.76. The second-order valence-corrected chi connectivity index (χ2v) is 9.20. The van der Waals surface area contributed by atoms with Crippen molar-refractivity contribution in [3.8, 4) is 0 Å². The van der Waals surface area contributed by atoms with Gasteiger partial charge in [-0.05, 0) is 55.8 Å².